The van der Waals surface area contributed by atoms with Crippen LogP contribution in [-0.4, -0.2) is 34.2 Å². The normalized spacial score (nSPS) is 15.6. The van der Waals surface area contributed by atoms with Gasteiger partial charge in [0, 0.05) is 30.3 Å². The number of carbonyl (C=O) groups excluding carboxylic acids is 2. The summed E-state index contributed by atoms with van der Waals surface area (Å²) in [4.78, 5) is 25.9. The van der Waals surface area contributed by atoms with Crippen LogP contribution >= 0.6 is 0 Å². The van der Waals surface area contributed by atoms with E-state index in [0.717, 1.165) is 5.56 Å². The number of ether oxygens (including phenoxy) is 2. The second kappa shape index (κ2) is 8.73. The van der Waals surface area contributed by atoms with Crippen LogP contribution in [-0.2, 0) is 16.6 Å². The number of benzene rings is 1. The number of allylic oxidation sites excluding steroid dienone is 1. The molecule has 1 aromatic heterocycles. The zero-order chi connectivity index (χ0) is 22.0. The minimum atomic E-state index is -0.533. The molecular formula is C23H29N3O4. The maximum Gasteiger partial charge on any atom is 0.337 e. The Kier molecular flexibility index (Phi) is 6.29. The first-order chi connectivity index (χ1) is 14.3. The Morgan fingerprint density at radius 1 is 1.23 bits per heavy atom. The van der Waals surface area contributed by atoms with Crippen LogP contribution in [0.4, 0.5) is 5.82 Å². The van der Waals surface area contributed by atoms with Crippen molar-refractivity contribution >= 4 is 17.6 Å². The van der Waals surface area contributed by atoms with Crippen LogP contribution in [0.1, 0.15) is 68.6 Å². The van der Waals surface area contributed by atoms with Gasteiger partial charge in [-0.05, 0) is 33.8 Å². The second-order valence-corrected chi connectivity index (χ2v) is 7.53. The molecule has 1 aliphatic heterocycles. The van der Waals surface area contributed by atoms with Crippen molar-refractivity contribution in [2.75, 3.05) is 11.9 Å². The third-order valence-corrected chi connectivity index (χ3v) is 5.05. The molecule has 0 saturated heterocycles. The predicted molar refractivity (Wildman–Crippen MR) is 115 cm³/mol. The molecule has 0 amide bonds. The molecule has 160 valence electrons. The molecule has 1 aliphatic rings. The van der Waals surface area contributed by atoms with E-state index in [2.05, 4.69) is 10.4 Å². The van der Waals surface area contributed by atoms with E-state index in [1.807, 2.05) is 52.0 Å². The van der Waals surface area contributed by atoms with Gasteiger partial charge in [0.05, 0.1) is 24.2 Å². The maximum atomic E-state index is 13.2. The number of aryl methyl sites for hydroxylation is 1. The summed E-state index contributed by atoms with van der Waals surface area (Å²) in [7, 11) is 1.79. The Morgan fingerprint density at radius 3 is 2.57 bits per heavy atom. The van der Waals surface area contributed by atoms with Gasteiger partial charge in [-0.3, -0.25) is 9.48 Å². The topological polar surface area (TPSA) is 82.4 Å². The molecule has 2 heterocycles. The number of Topliss-reactive ketones (excluding diaryl/α,β-unsaturated/α-hetero) is 1. The lowest BCUT2D eigenvalue weighted by molar-refractivity contribution is -0.143. The van der Waals surface area contributed by atoms with Gasteiger partial charge < -0.3 is 14.8 Å². The number of aromatic nitrogens is 2. The summed E-state index contributed by atoms with van der Waals surface area (Å²) in [5.74, 6) is 0.328. The fourth-order valence-corrected chi connectivity index (χ4v) is 3.81. The van der Waals surface area contributed by atoms with Gasteiger partial charge in [-0.25, -0.2) is 4.79 Å². The average molecular weight is 412 g/mol. The van der Waals surface area contributed by atoms with Crippen molar-refractivity contribution in [1.29, 1.82) is 0 Å². The lowest BCUT2D eigenvalue weighted by atomic mass is 9.80. The predicted octanol–water partition coefficient (Wildman–Crippen LogP) is 4.19. The number of rotatable bonds is 7. The molecule has 1 atom stereocenters. The van der Waals surface area contributed by atoms with Gasteiger partial charge in [-0.1, -0.05) is 25.1 Å². The van der Waals surface area contributed by atoms with Crippen molar-refractivity contribution in [3.05, 3.63) is 52.4 Å². The molecule has 2 aromatic rings. The van der Waals surface area contributed by atoms with E-state index in [-0.39, 0.29) is 11.9 Å². The van der Waals surface area contributed by atoms with Gasteiger partial charge in [0.15, 0.2) is 5.78 Å². The minimum Gasteiger partial charge on any atom is -0.494 e. The average Bonchev–Trinajstić information content (AvgIpc) is 3.02. The first kappa shape index (κ1) is 21.6. The number of fused-ring (bicyclic) bond motifs is 1. The van der Waals surface area contributed by atoms with Crippen molar-refractivity contribution in [1.82, 2.24) is 9.78 Å². The highest BCUT2D eigenvalue weighted by molar-refractivity contribution is 6.01. The van der Waals surface area contributed by atoms with E-state index in [1.165, 1.54) is 0 Å². The van der Waals surface area contributed by atoms with Crippen LogP contribution in [0.3, 0.4) is 0 Å². The number of para-hydroxylation sites is 1. The van der Waals surface area contributed by atoms with E-state index in [1.54, 1.807) is 18.7 Å². The molecular weight excluding hydrogens is 382 g/mol. The summed E-state index contributed by atoms with van der Waals surface area (Å²) in [5, 5.41) is 7.76. The molecule has 1 unspecified atom stereocenters. The Labute approximate surface area is 177 Å². The first-order valence-corrected chi connectivity index (χ1v) is 10.3. The summed E-state index contributed by atoms with van der Waals surface area (Å²) in [6.07, 6.45) is 0.0465. The van der Waals surface area contributed by atoms with Gasteiger partial charge in [0.1, 0.15) is 17.3 Å². The molecule has 3 rings (SSSR count). The molecule has 1 aromatic carbocycles. The number of esters is 1. The monoisotopic (exact) mass is 411 g/mol. The lowest BCUT2D eigenvalue weighted by Crippen LogP contribution is -2.27. The van der Waals surface area contributed by atoms with Crippen LogP contribution in [0.25, 0.3) is 0 Å². The molecule has 0 bridgehead atoms. The molecule has 7 heteroatoms. The number of nitrogens with zero attached hydrogens (tertiary/aromatic N) is 2. The summed E-state index contributed by atoms with van der Waals surface area (Å²) in [6.45, 7) is 9.67. The van der Waals surface area contributed by atoms with Crippen LogP contribution < -0.4 is 10.1 Å². The van der Waals surface area contributed by atoms with E-state index >= 15 is 0 Å². The lowest BCUT2D eigenvalue weighted by Gasteiger charge is -2.30. The third-order valence-electron chi connectivity index (χ3n) is 5.05. The van der Waals surface area contributed by atoms with E-state index in [9.17, 15) is 9.59 Å². The third kappa shape index (κ3) is 3.84. The van der Waals surface area contributed by atoms with Crippen LogP contribution in [0.2, 0.25) is 0 Å². The van der Waals surface area contributed by atoms with Crippen molar-refractivity contribution in [2.24, 2.45) is 7.05 Å². The minimum absolute atomic E-state index is 0.0799. The quantitative estimate of drug-likeness (QED) is 0.543. The van der Waals surface area contributed by atoms with Gasteiger partial charge in [0.2, 0.25) is 0 Å². The fraction of sp³-hybridized carbons (Fsp3) is 0.435. The van der Waals surface area contributed by atoms with Crippen molar-refractivity contribution in [3.8, 4) is 5.75 Å². The SMILES string of the molecule is CCOc1ccccc1C1C(C(=O)OC(C)C)=C(C)Nc2c1c(C(=O)CC)nn2C. The van der Waals surface area contributed by atoms with Crippen LogP contribution in [0.5, 0.6) is 5.75 Å². The van der Waals surface area contributed by atoms with Crippen LogP contribution in [0, 0.1) is 0 Å². The number of ketones is 1. The zero-order valence-corrected chi connectivity index (χ0v) is 18.4. The highest BCUT2D eigenvalue weighted by Gasteiger charge is 2.40. The summed E-state index contributed by atoms with van der Waals surface area (Å²) in [5.41, 5.74) is 2.97. The highest BCUT2D eigenvalue weighted by Crippen LogP contribution is 2.46. The summed E-state index contributed by atoms with van der Waals surface area (Å²) < 4.78 is 13.1. The molecule has 0 saturated carbocycles. The number of carbonyl (C=O) groups is 2. The fourth-order valence-electron chi connectivity index (χ4n) is 3.81. The number of nitrogens with one attached hydrogen (secondary N) is 1. The number of hydrogen-bond donors (Lipinski definition) is 1. The standard InChI is InChI=1S/C23H29N3O4/c1-7-16(27)21-20-19(15-11-9-10-12-17(15)29-8-2)18(23(28)30-13(3)4)14(5)24-22(20)26(6)25-21/h9-13,19,24H,7-8H2,1-6H3. The largest absolute Gasteiger partial charge is 0.494 e. The van der Waals surface area contributed by atoms with Crippen molar-refractivity contribution in [3.63, 3.8) is 0 Å². The second-order valence-electron chi connectivity index (χ2n) is 7.53. The van der Waals surface area contributed by atoms with E-state index in [4.69, 9.17) is 9.47 Å². The molecule has 7 nitrogen and oxygen atoms in total. The number of hydrogen-bond acceptors (Lipinski definition) is 6. The van der Waals surface area contributed by atoms with E-state index in [0.29, 0.717) is 47.1 Å². The van der Waals surface area contributed by atoms with Gasteiger partial charge >= 0.3 is 5.97 Å². The number of anilines is 1. The van der Waals surface area contributed by atoms with Gasteiger partial charge in [-0.2, -0.15) is 5.10 Å². The van der Waals surface area contributed by atoms with Gasteiger partial charge in [0.25, 0.3) is 0 Å². The Balaban J connectivity index is 2.31. The summed E-state index contributed by atoms with van der Waals surface area (Å²) >= 11 is 0. The molecule has 0 radical (unpaired) electrons. The Bertz CT molecular complexity index is 1000. The molecule has 0 spiro atoms. The Hall–Kier alpha value is -3.09. The smallest absolute Gasteiger partial charge is 0.337 e. The van der Waals surface area contributed by atoms with Crippen LogP contribution in [0.15, 0.2) is 35.5 Å². The van der Waals surface area contributed by atoms with Crippen molar-refractivity contribution in [2.45, 2.75) is 53.1 Å². The zero-order valence-electron chi connectivity index (χ0n) is 18.4. The Morgan fingerprint density at radius 2 is 1.93 bits per heavy atom. The molecule has 30 heavy (non-hydrogen) atoms. The van der Waals surface area contributed by atoms with Gasteiger partial charge in [-0.15, -0.1) is 0 Å². The molecule has 1 N–H and O–H groups in total. The van der Waals surface area contributed by atoms with Crippen molar-refractivity contribution < 1.29 is 19.1 Å². The highest BCUT2D eigenvalue weighted by atomic mass is 16.5. The van der Waals surface area contributed by atoms with E-state index < -0.39 is 11.9 Å². The molecule has 0 aliphatic carbocycles. The molecule has 0 fully saturated rings. The first-order valence-electron chi connectivity index (χ1n) is 10.3. The summed E-state index contributed by atoms with van der Waals surface area (Å²) in [6, 6.07) is 7.59. The maximum absolute atomic E-state index is 13.2.